The van der Waals surface area contributed by atoms with E-state index in [1.165, 1.54) is 59.8 Å². The maximum absolute atomic E-state index is 5.64. The molecule has 1 aliphatic rings. The van der Waals surface area contributed by atoms with Crippen LogP contribution in [0.3, 0.4) is 0 Å². The molecule has 4 rings (SSSR count). The first kappa shape index (κ1) is 25.8. The number of hydrogen-bond acceptors (Lipinski definition) is 8. The van der Waals surface area contributed by atoms with Gasteiger partial charge in [0.2, 0.25) is 5.13 Å². The Bertz CT molecular complexity index is 1090. The molecule has 2 unspecified atom stereocenters. The Morgan fingerprint density at radius 3 is 2.71 bits per heavy atom. The highest BCUT2D eigenvalue weighted by Crippen LogP contribution is 2.37. The fraction of sp³-hybridized carbons (Fsp3) is 0.481. The van der Waals surface area contributed by atoms with Crippen LogP contribution in [-0.4, -0.2) is 41.1 Å². The number of anilines is 1. The van der Waals surface area contributed by atoms with Gasteiger partial charge < -0.3 is 9.47 Å². The lowest BCUT2D eigenvalue weighted by Gasteiger charge is -2.40. The zero-order chi connectivity index (χ0) is 24.8. The van der Waals surface area contributed by atoms with Gasteiger partial charge in [0.15, 0.2) is 0 Å². The van der Waals surface area contributed by atoms with Gasteiger partial charge in [-0.15, -0.1) is 0 Å². The number of piperidine rings is 1. The standard InChI is InChI=1S/C27H36N4O2S2/c1-6-22-9-7-8-14-30(22)20(3)25-13-12-24(15-19(25)2)35-31(27-28-18-29-34-27)17-21-10-11-23(32-4)16-26(21)33-5/h10-13,15-16,18,20,22H,6-9,14,17H2,1-5H3. The van der Waals surface area contributed by atoms with E-state index in [0.29, 0.717) is 18.6 Å². The Kier molecular flexibility index (Phi) is 8.92. The van der Waals surface area contributed by atoms with Crippen molar-refractivity contribution in [1.29, 1.82) is 0 Å². The van der Waals surface area contributed by atoms with Crippen LogP contribution in [0.1, 0.15) is 62.3 Å². The van der Waals surface area contributed by atoms with Crippen molar-refractivity contribution in [2.75, 3.05) is 25.1 Å². The molecule has 1 aliphatic heterocycles. The van der Waals surface area contributed by atoms with Crippen molar-refractivity contribution in [1.82, 2.24) is 14.3 Å². The molecule has 0 amide bonds. The lowest BCUT2D eigenvalue weighted by molar-refractivity contribution is 0.0998. The summed E-state index contributed by atoms with van der Waals surface area (Å²) in [6, 6.07) is 13.9. The van der Waals surface area contributed by atoms with Crippen molar-refractivity contribution in [3.63, 3.8) is 0 Å². The number of likely N-dealkylation sites (tertiary alicyclic amines) is 1. The van der Waals surface area contributed by atoms with E-state index >= 15 is 0 Å². The molecular formula is C27H36N4O2S2. The van der Waals surface area contributed by atoms with E-state index in [9.17, 15) is 0 Å². The molecule has 1 aromatic heterocycles. The summed E-state index contributed by atoms with van der Waals surface area (Å²) in [5.41, 5.74) is 3.82. The molecule has 0 spiro atoms. The fourth-order valence-electron chi connectivity index (χ4n) is 5.00. The zero-order valence-corrected chi connectivity index (χ0v) is 23.0. The molecule has 0 bridgehead atoms. The van der Waals surface area contributed by atoms with Gasteiger partial charge in [0, 0.05) is 40.1 Å². The summed E-state index contributed by atoms with van der Waals surface area (Å²) in [7, 11) is 3.35. The van der Waals surface area contributed by atoms with Crippen LogP contribution in [0, 0.1) is 6.92 Å². The van der Waals surface area contributed by atoms with Crippen LogP contribution < -0.4 is 13.8 Å². The van der Waals surface area contributed by atoms with Crippen LogP contribution in [0.5, 0.6) is 11.5 Å². The predicted molar refractivity (Wildman–Crippen MR) is 146 cm³/mol. The van der Waals surface area contributed by atoms with E-state index in [4.69, 9.17) is 9.47 Å². The highest BCUT2D eigenvalue weighted by atomic mass is 32.2. The topological polar surface area (TPSA) is 50.7 Å². The largest absolute Gasteiger partial charge is 0.497 e. The van der Waals surface area contributed by atoms with Crippen LogP contribution in [0.2, 0.25) is 0 Å². The van der Waals surface area contributed by atoms with Crippen LogP contribution in [0.25, 0.3) is 0 Å². The van der Waals surface area contributed by atoms with Crippen LogP contribution in [0.15, 0.2) is 47.6 Å². The molecule has 1 saturated heterocycles. The summed E-state index contributed by atoms with van der Waals surface area (Å²) in [4.78, 5) is 8.38. The molecule has 188 valence electrons. The molecule has 8 heteroatoms. The highest BCUT2D eigenvalue weighted by Gasteiger charge is 2.27. The Labute approximate surface area is 218 Å². The van der Waals surface area contributed by atoms with Crippen molar-refractivity contribution in [2.45, 2.75) is 70.0 Å². The number of methoxy groups -OCH3 is 2. The number of benzene rings is 2. The molecular weight excluding hydrogens is 476 g/mol. The Morgan fingerprint density at radius 2 is 2.03 bits per heavy atom. The van der Waals surface area contributed by atoms with Crippen molar-refractivity contribution < 1.29 is 9.47 Å². The third-order valence-electron chi connectivity index (χ3n) is 6.92. The van der Waals surface area contributed by atoms with Crippen molar-refractivity contribution in [3.05, 3.63) is 59.4 Å². The minimum absolute atomic E-state index is 0.433. The number of rotatable bonds is 10. The molecule has 35 heavy (non-hydrogen) atoms. The molecule has 2 heterocycles. The predicted octanol–water partition coefficient (Wildman–Crippen LogP) is 6.90. The first-order valence-electron chi connectivity index (χ1n) is 12.3. The molecule has 0 radical (unpaired) electrons. The van der Waals surface area contributed by atoms with Gasteiger partial charge in [-0.3, -0.25) is 9.21 Å². The number of hydrogen-bond donors (Lipinski definition) is 0. The summed E-state index contributed by atoms with van der Waals surface area (Å²) in [5, 5.41) is 0.863. The first-order chi connectivity index (χ1) is 17.0. The van der Waals surface area contributed by atoms with E-state index in [1.54, 1.807) is 32.5 Å². The van der Waals surface area contributed by atoms with Crippen molar-refractivity contribution in [2.24, 2.45) is 0 Å². The quantitative estimate of drug-likeness (QED) is 0.274. The van der Waals surface area contributed by atoms with Crippen molar-refractivity contribution >= 4 is 28.6 Å². The molecule has 0 aliphatic carbocycles. The van der Waals surface area contributed by atoms with E-state index in [-0.39, 0.29) is 0 Å². The highest BCUT2D eigenvalue weighted by molar-refractivity contribution is 8.00. The van der Waals surface area contributed by atoms with Gasteiger partial charge in [-0.05, 0) is 87.0 Å². The number of ether oxygens (including phenoxy) is 2. The molecule has 2 atom stereocenters. The second-order valence-corrected chi connectivity index (χ2v) is 10.9. The minimum Gasteiger partial charge on any atom is -0.497 e. The average molecular weight is 513 g/mol. The van der Waals surface area contributed by atoms with Gasteiger partial charge in [0.05, 0.1) is 20.8 Å². The zero-order valence-electron chi connectivity index (χ0n) is 21.4. The van der Waals surface area contributed by atoms with Gasteiger partial charge in [0.1, 0.15) is 17.8 Å². The SMILES string of the molecule is CCC1CCCCN1C(C)c1ccc(SN(Cc2ccc(OC)cc2OC)c2ncns2)cc1C. The molecule has 0 N–H and O–H groups in total. The lowest BCUT2D eigenvalue weighted by atomic mass is 9.94. The normalized spacial score (nSPS) is 17.2. The molecule has 3 aromatic rings. The Morgan fingerprint density at radius 1 is 1.17 bits per heavy atom. The van der Waals surface area contributed by atoms with E-state index in [1.807, 2.05) is 18.2 Å². The van der Waals surface area contributed by atoms with Crippen LogP contribution in [0.4, 0.5) is 5.13 Å². The summed E-state index contributed by atoms with van der Waals surface area (Å²) in [5.74, 6) is 1.58. The van der Waals surface area contributed by atoms with Crippen LogP contribution in [-0.2, 0) is 6.54 Å². The van der Waals surface area contributed by atoms with E-state index in [2.05, 4.69) is 57.5 Å². The maximum Gasteiger partial charge on any atom is 0.215 e. The van der Waals surface area contributed by atoms with Gasteiger partial charge in [-0.1, -0.05) is 19.4 Å². The van der Waals surface area contributed by atoms with Gasteiger partial charge in [-0.2, -0.15) is 4.37 Å². The van der Waals surface area contributed by atoms with Crippen LogP contribution >= 0.6 is 23.5 Å². The maximum atomic E-state index is 5.64. The number of nitrogens with zero attached hydrogens (tertiary/aromatic N) is 4. The summed E-state index contributed by atoms with van der Waals surface area (Å²) in [6.45, 7) is 8.76. The molecule has 1 fully saturated rings. The fourth-order valence-corrected chi connectivity index (χ4v) is 6.60. The van der Waals surface area contributed by atoms with Gasteiger partial charge in [-0.25, -0.2) is 4.98 Å². The average Bonchev–Trinajstić information content (AvgIpc) is 3.43. The minimum atomic E-state index is 0.433. The second kappa shape index (κ2) is 12.1. The van der Waals surface area contributed by atoms with Gasteiger partial charge in [0.25, 0.3) is 0 Å². The second-order valence-electron chi connectivity index (χ2n) is 9.02. The summed E-state index contributed by atoms with van der Waals surface area (Å²) < 4.78 is 17.4. The Hall–Kier alpha value is -2.29. The summed E-state index contributed by atoms with van der Waals surface area (Å²) in [6.07, 6.45) is 6.82. The monoisotopic (exact) mass is 512 g/mol. The molecule has 0 saturated carbocycles. The Balaban J connectivity index is 1.55. The summed E-state index contributed by atoms with van der Waals surface area (Å²) >= 11 is 3.08. The van der Waals surface area contributed by atoms with Crippen molar-refractivity contribution in [3.8, 4) is 11.5 Å². The smallest absolute Gasteiger partial charge is 0.215 e. The third kappa shape index (κ3) is 6.11. The number of aromatic nitrogens is 2. The first-order valence-corrected chi connectivity index (χ1v) is 13.9. The van der Waals surface area contributed by atoms with Gasteiger partial charge >= 0.3 is 0 Å². The van der Waals surface area contributed by atoms with E-state index < -0.39 is 0 Å². The molecule has 6 nitrogen and oxygen atoms in total. The van der Waals surface area contributed by atoms with E-state index in [0.717, 1.165) is 22.2 Å². The number of aryl methyl sites for hydroxylation is 1. The third-order valence-corrected chi connectivity index (χ3v) is 8.71. The molecule has 2 aromatic carbocycles. The lowest BCUT2D eigenvalue weighted by Crippen LogP contribution is -2.40.